The van der Waals surface area contributed by atoms with Gasteiger partial charge in [0.05, 0.1) is 13.5 Å². The van der Waals surface area contributed by atoms with Crippen LogP contribution in [0.1, 0.15) is 11.1 Å². The number of aromatic nitrogens is 1. The summed E-state index contributed by atoms with van der Waals surface area (Å²) < 4.78 is 7.04. The van der Waals surface area contributed by atoms with Gasteiger partial charge in [-0.15, -0.1) is 0 Å². The summed E-state index contributed by atoms with van der Waals surface area (Å²) in [5, 5.41) is 11.9. The number of carbonyl (C=O) groups is 1. The van der Waals surface area contributed by atoms with Gasteiger partial charge < -0.3 is 14.4 Å². The highest BCUT2D eigenvalue weighted by molar-refractivity contribution is 6.08. The van der Waals surface area contributed by atoms with Crippen LogP contribution in [0.15, 0.2) is 66.7 Å². The van der Waals surface area contributed by atoms with Crippen molar-refractivity contribution in [2.45, 2.75) is 13.0 Å². The molecule has 0 spiro atoms. The zero-order valence-electron chi connectivity index (χ0n) is 14.5. The summed E-state index contributed by atoms with van der Waals surface area (Å²) in [6.07, 6.45) is 0.257. The first-order valence-corrected chi connectivity index (χ1v) is 8.50. The van der Waals surface area contributed by atoms with Gasteiger partial charge in [-0.3, -0.25) is 4.79 Å². The molecule has 0 fully saturated rings. The van der Waals surface area contributed by atoms with Crippen LogP contribution in [0.5, 0.6) is 5.75 Å². The minimum absolute atomic E-state index is 0.245. The summed E-state index contributed by atoms with van der Waals surface area (Å²) in [5.74, 6) is 0.0156. The van der Waals surface area contributed by atoms with E-state index in [-0.39, 0.29) is 18.1 Å². The summed E-state index contributed by atoms with van der Waals surface area (Å²) in [6.45, 7) is 0.686. The largest absolute Gasteiger partial charge is 0.508 e. The zero-order valence-corrected chi connectivity index (χ0v) is 14.5. The van der Waals surface area contributed by atoms with E-state index >= 15 is 0 Å². The predicted molar refractivity (Wildman–Crippen MR) is 102 cm³/mol. The highest BCUT2D eigenvalue weighted by Gasteiger charge is 2.12. The van der Waals surface area contributed by atoms with Gasteiger partial charge in [0, 0.05) is 28.4 Å². The number of para-hydroxylation sites is 1. The van der Waals surface area contributed by atoms with E-state index in [1.807, 2.05) is 30.3 Å². The van der Waals surface area contributed by atoms with Crippen LogP contribution in [0.4, 0.5) is 0 Å². The Labute approximate surface area is 151 Å². The molecule has 0 saturated heterocycles. The molecule has 26 heavy (non-hydrogen) atoms. The van der Waals surface area contributed by atoms with Crippen molar-refractivity contribution in [2.24, 2.45) is 0 Å². The Balaban J connectivity index is 1.87. The maximum Gasteiger partial charge on any atom is 0.309 e. The van der Waals surface area contributed by atoms with Crippen molar-refractivity contribution in [2.75, 3.05) is 7.11 Å². The van der Waals surface area contributed by atoms with Crippen LogP contribution >= 0.6 is 0 Å². The molecule has 4 aromatic rings. The van der Waals surface area contributed by atoms with Gasteiger partial charge in [0.1, 0.15) is 5.75 Å². The van der Waals surface area contributed by atoms with Crippen LogP contribution in [0.2, 0.25) is 0 Å². The molecule has 4 heteroatoms. The van der Waals surface area contributed by atoms with Gasteiger partial charge in [0.25, 0.3) is 0 Å². The quantitative estimate of drug-likeness (QED) is 0.562. The average Bonchev–Trinajstić information content (AvgIpc) is 2.97. The molecule has 1 N–H and O–H groups in total. The molecule has 3 aromatic carbocycles. The van der Waals surface area contributed by atoms with E-state index in [1.165, 1.54) is 12.5 Å². The number of rotatable bonds is 4. The number of carbonyl (C=O) groups excluding carboxylic acids is 1. The number of nitrogens with zero attached hydrogens (tertiary/aromatic N) is 1. The lowest BCUT2D eigenvalue weighted by Crippen LogP contribution is -2.05. The van der Waals surface area contributed by atoms with Gasteiger partial charge in [-0.25, -0.2) is 0 Å². The third kappa shape index (κ3) is 2.90. The zero-order chi connectivity index (χ0) is 18.1. The van der Waals surface area contributed by atoms with Gasteiger partial charge >= 0.3 is 5.97 Å². The van der Waals surface area contributed by atoms with Crippen molar-refractivity contribution in [3.8, 4) is 5.75 Å². The van der Waals surface area contributed by atoms with Gasteiger partial charge in [-0.05, 0) is 35.4 Å². The number of fused-ring (bicyclic) bond motifs is 3. The Bertz CT molecular complexity index is 1090. The van der Waals surface area contributed by atoms with Crippen LogP contribution in [0.25, 0.3) is 21.8 Å². The molecule has 0 aliphatic rings. The fourth-order valence-electron chi connectivity index (χ4n) is 3.40. The Morgan fingerprint density at radius 2 is 1.62 bits per heavy atom. The van der Waals surface area contributed by atoms with Crippen molar-refractivity contribution in [3.63, 3.8) is 0 Å². The van der Waals surface area contributed by atoms with E-state index in [0.29, 0.717) is 6.54 Å². The molecule has 4 rings (SSSR count). The van der Waals surface area contributed by atoms with Gasteiger partial charge in [-0.2, -0.15) is 0 Å². The fourth-order valence-corrected chi connectivity index (χ4v) is 3.40. The van der Waals surface area contributed by atoms with E-state index in [0.717, 1.165) is 27.5 Å². The second-order valence-electron chi connectivity index (χ2n) is 6.37. The monoisotopic (exact) mass is 345 g/mol. The van der Waals surface area contributed by atoms with Crippen molar-refractivity contribution in [1.82, 2.24) is 4.57 Å². The average molecular weight is 345 g/mol. The van der Waals surface area contributed by atoms with E-state index in [9.17, 15) is 9.90 Å². The Morgan fingerprint density at radius 1 is 0.923 bits per heavy atom. The fraction of sp³-hybridized carbons (Fsp3) is 0.136. The van der Waals surface area contributed by atoms with Gasteiger partial charge in [0.2, 0.25) is 0 Å². The van der Waals surface area contributed by atoms with Crippen molar-refractivity contribution in [1.29, 1.82) is 0 Å². The van der Waals surface area contributed by atoms with Crippen molar-refractivity contribution in [3.05, 3.63) is 77.9 Å². The van der Waals surface area contributed by atoms with E-state index in [1.54, 1.807) is 12.1 Å². The molecule has 4 nitrogen and oxygen atoms in total. The molecule has 0 aliphatic heterocycles. The Morgan fingerprint density at radius 3 is 2.38 bits per heavy atom. The smallest absolute Gasteiger partial charge is 0.309 e. The lowest BCUT2D eigenvalue weighted by molar-refractivity contribution is -0.139. The molecule has 0 saturated carbocycles. The van der Waals surface area contributed by atoms with E-state index in [4.69, 9.17) is 4.74 Å². The lowest BCUT2D eigenvalue weighted by atomic mass is 10.1. The first-order chi connectivity index (χ1) is 12.7. The minimum atomic E-state index is -0.245. The number of phenolic OH excluding ortho intramolecular Hbond substituents is 1. The Hall–Kier alpha value is -3.27. The van der Waals surface area contributed by atoms with Gasteiger partial charge in [-0.1, -0.05) is 42.5 Å². The molecular weight excluding hydrogens is 326 g/mol. The van der Waals surface area contributed by atoms with E-state index in [2.05, 4.69) is 28.8 Å². The normalized spacial score (nSPS) is 11.1. The highest BCUT2D eigenvalue weighted by atomic mass is 16.5. The lowest BCUT2D eigenvalue weighted by Gasteiger charge is -2.09. The first-order valence-electron chi connectivity index (χ1n) is 8.50. The third-order valence-electron chi connectivity index (χ3n) is 4.69. The molecule has 1 aromatic heterocycles. The molecule has 0 atom stereocenters. The number of esters is 1. The van der Waals surface area contributed by atoms with Crippen LogP contribution in [0.3, 0.4) is 0 Å². The summed E-state index contributed by atoms with van der Waals surface area (Å²) in [7, 11) is 1.41. The molecule has 0 radical (unpaired) electrons. The summed E-state index contributed by atoms with van der Waals surface area (Å²) in [4.78, 5) is 11.6. The number of phenols is 1. The maximum absolute atomic E-state index is 11.6. The topological polar surface area (TPSA) is 51.5 Å². The number of ether oxygens (including phenoxy) is 1. The molecule has 0 unspecified atom stereocenters. The first kappa shape index (κ1) is 16.2. The van der Waals surface area contributed by atoms with Crippen LogP contribution in [-0.2, 0) is 22.5 Å². The van der Waals surface area contributed by atoms with Crippen LogP contribution in [-0.4, -0.2) is 22.8 Å². The molecule has 0 amide bonds. The van der Waals surface area contributed by atoms with Crippen molar-refractivity contribution < 1.29 is 14.6 Å². The SMILES string of the molecule is COC(=O)Cc1ccc2c3ccccc3n(Cc3ccc(O)cc3)c2c1. The number of hydrogen-bond acceptors (Lipinski definition) is 3. The second-order valence-corrected chi connectivity index (χ2v) is 6.37. The van der Waals surface area contributed by atoms with Crippen molar-refractivity contribution >= 4 is 27.8 Å². The van der Waals surface area contributed by atoms with Gasteiger partial charge in [0.15, 0.2) is 0 Å². The third-order valence-corrected chi connectivity index (χ3v) is 4.69. The van der Waals surface area contributed by atoms with E-state index < -0.39 is 0 Å². The molecule has 130 valence electrons. The van der Waals surface area contributed by atoms with Crippen LogP contribution < -0.4 is 0 Å². The highest BCUT2D eigenvalue weighted by Crippen LogP contribution is 2.30. The standard InChI is InChI=1S/C22H19NO3/c1-26-22(25)13-16-8-11-19-18-4-2-3-5-20(18)23(21(19)12-16)14-15-6-9-17(24)10-7-15/h2-12,24H,13-14H2,1H3. The molecule has 1 heterocycles. The predicted octanol–water partition coefficient (Wildman–Crippen LogP) is 4.26. The second kappa shape index (κ2) is 6.56. The number of aromatic hydroxyl groups is 1. The molecular formula is C22H19NO3. The Kier molecular flexibility index (Phi) is 4.09. The number of methoxy groups -OCH3 is 1. The van der Waals surface area contributed by atoms with Crippen LogP contribution in [0, 0.1) is 0 Å². The number of hydrogen-bond donors (Lipinski definition) is 1. The maximum atomic E-state index is 11.6. The molecule has 0 bridgehead atoms. The summed E-state index contributed by atoms with van der Waals surface area (Å²) in [6, 6.07) is 21.7. The summed E-state index contributed by atoms with van der Waals surface area (Å²) in [5.41, 5.74) is 4.26. The number of benzene rings is 3. The molecule has 0 aliphatic carbocycles. The minimum Gasteiger partial charge on any atom is -0.508 e. The summed E-state index contributed by atoms with van der Waals surface area (Å²) >= 11 is 0.